The van der Waals surface area contributed by atoms with Crippen molar-refractivity contribution < 1.29 is 9.47 Å². The Hall–Kier alpha value is -0.123. The molecule has 0 spiro atoms. The summed E-state index contributed by atoms with van der Waals surface area (Å²) < 4.78 is 11.2. The van der Waals surface area contributed by atoms with Crippen molar-refractivity contribution in [2.24, 2.45) is 11.8 Å². The van der Waals surface area contributed by atoms with Gasteiger partial charge in [-0.3, -0.25) is 0 Å². The highest BCUT2D eigenvalue weighted by molar-refractivity contribution is 6.38. The molecule has 0 aromatic heterocycles. The predicted molar refractivity (Wildman–Crippen MR) is 69.5 cm³/mol. The lowest BCUT2D eigenvalue weighted by Gasteiger charge is -2.21. The fourth-order valence-electron chi connectivity index (χ4n) is 3.16. The third kappa shape index (κ3) is 2.96. The molecule has 3 heteroatoms. The minimum atomic E-state index is -0.0296. The van der Waals surface area contributed by atoms with Crippen LogP contribution in [0.1, 0.15) is 26.7 Å². The lowest BCUT2D eigenvalue weighted by Crippen LogP contribution is -2.22. The first-order valence-electron chi connectivity index (χ1n) is 6.75. The first kappa shape index (κ1) is 12.3. The van der Waals surface area contributed by atoms with Gasteiger partial charge in [0.05, 0.1) is 0 Å². The molecule has 2 aliphatic rings. The van der Waals surface area contributed by atoms with Crippen LogP contribution in [0.25, 0.3) is 0 Å². The Kier molecular flexibility index (Phi) is 4.62. The van der Waals surface area contributed by atoms with E-state index in [0.717, 1.165) is 30.6 Å². The van der Waals surface area contributed by atoms with Crippen molar-refractivity contribution >= 4 is 9.52 Å². The second kappa shape index (κ2) is 5.99. The van der Waals surface area contributed by atoms with E-state index in [1.165, 1.54) is 18.9 Å². The lowest BCUT2D eigenvalue weighted by molar-refractivity contribution is -0.123. The van der Waals surface area contributed by atoms with Crippen LogP contribution >= 0.6 is 0 Å². The molecule has 2 nitrogen and oxygen atoms in total. The molecule has 1 saturated carbocycles. The van der Waals surface area contributed by atoms with Crippen molar-refractivity contribution in [3.8, 4) is 0 Å². The van der Waals surface area contributed by atoms with Crippen LogP contribution in [-0.4, -0.2) is 29.0 Å². The van der Waals surface area contributed by atoms with Crippen LogP contribution in [0.2, 0.25) is 11.6 Å². The first-order chi connectivity index (χ1) is 7.83. The van der Waals surface area contributed by atoms with Gasteiger partial charge in [-0.1, -0.05) is 12.2 Å². The van der Waals surface area contributed by atoms with Crippen LogP contribution in [-0.2, 0) is 9.47 Å². The summed E-state index contributed by atoms with van der Waals surface area (Å²) in [6, 6.07) is 1.20. The van der Waals surface area contributed by atoms with Crippen LogP contribution in [0.3, 0.4) is 0 Å². The van der Waals surface area contributed by atoms with Crippen molar-refractivity contribution in [2.45, 2.75) is 44.6 Å². The van der Waals surface area contributed by atoms with Crippen molar-refractivity contribution in [3.63, 3.8) is 0 Å². The van der Waals surface area contributed by atoms with Gasteiger partial charge in [0.1, 0.15) is 0 Å². The van der Waals surface area contributed by atoms with Crippen molar-refractivity contribution in [3.05, 3.63) is 12.2 Å². The fourth-order valence-corrected chi connectivity index (χ4v) is 5.64. The molecule has 0 aromatic rings. The lowest BCUT2D eigenvalue weighted by atomic mass is 10.1. The fraction of sp³-hybridized carbons (Fsp3) is 0.846. The maximum absolute atomic E-state index is 5.62. The van der Waals surface area contributed by atoms with Gasteiger partial charge >= 0.3 is 0 Å². The van der Waals surface area contributed by atoms with Crippen LogP contribution in [0.4, 0.5) is 0 Å². The molecule has 2 rings (SSSR count). The van der Waals surface area contributed by atoms with E-state index < -0.39 is 0 Å². The maximum atomic E-state index is 5.62. The topological polar surface area (TPSA) is 18.5 Å². The third-order valence-corrected chi connectivity index (χ3v) is 6.38. The zero-order valence-corrected chi connectivity index (χ0v) is 11.9. The first-order valence-corrected chi connectivity index (χ1v) is 8.56. The maximum Gasteiger partial charge on any atom is 0.154 e. The van der Waals surface area contributed by atoms with E-state index >= 15 is 0 Å². The monoisotopic (exact) mass is 240 g/mol. The van der Waals surface area contributed by atoms with E-state index in [1.807, 2.05) is 13.8 Å². The number of fused-ring (bicyclic) bond motifs is 2. The minimum Gasteiger partial charge on any atom is -0.353 e. The van der Waals surface area contributed by atoms with Crippen LogP contribution in [0.15, 0.2) is 12.2 Å². The van der Waals surface area contributed by atoms with Gasteiger partial charge in [0.2, 0.25) is 0 Å². The summed E-state index contributed by atoms with van der Waals surface area (Å²) >= 11 is 0. The quantitative estimate of drug-likeness (QED) is 0.386. The summed E-state index contributed by atoms with van der Waals surface area (Å²) in [5.41, 5.74) is 1.03. The highest BCUT2D eigenvalue weighted by Gasteiger charge is 2.35. The standard InChI is InChI=1S/C13H24O2Si/c1-3-14-13(15-4-2)9-16-12-8-10-5-6-11(12)7-10/h5-6,10-13H,3-4,7-9,16H2,1-2H3. The SMILES string of the molecule is CCOC(C[SiH2]C1CC2C=CC1C2)OCC. The van der Waals surface area contributed by atoms with Gasteiger partial charge in [0.25, 0.3) is 0 Å². The van der Waals surface area contributed by atoms with Gasteiger partial charge in [0, 0.05) is 22.7 Å². The molecular formula is C13H24O2Si. The van der Waals surface area contributed by atoms with Crippen molar-refractivity contribution in [1.82, 2.24) is 0 Å². The second-order valence-electron chi connectivity index (χ2n) is 4.96. The summed E-state index contributed by atoms with van der Waals surface area (Å²) in [6.45, 7) is 5.65. The molecule has 0 radical (unpaired) electrons. The summed E-state index contributed by atoms with van der Waals surface area (Å²) in [7, 11) is -0.0296. The number of hydrogen-bond donors (Lipinski definition) is 0. The third-order valence-electron chi connectivity index (χ3n) is 3.89. The molecule has 0 aliphatic heterocycles. The Morgan fingerprint density at radius 2 is 1.94 bits per heavy atom. The van der Waals surface area contributed by atoms with E-state index in [4.69, 9.17) is 9.47 Å². The van der Waals surface area contributed by atoms with Gasteiger partial charge < -0.3 is 9.47 Å². The van der Waals surface area contributed by atoms with E-state index in [9.17, 15) is 0 Å². The largest absolute Gasteiger partial charge is 0.353 e. The molecule has 3 atom stereocenters. The number of allylic oxidation sites excluding steroid dienone is 2. The van der Waals surface area contributed by atoms with E-state index in [1.54, 1.807) is 0 Å². The van der Waals surface area contributed by atoms with Crippen LogP contribution < -0.4 is 0 Å². The summed E-state index contributed by atoms with van der Waals surface area (Å²) in [6.07, 6.45) is 7.87. The zero-order chi connectivity index (χ0) is 11.4. The molecule has 0 N–H and O–H groups in total. The van der Waals surface area contributed by atoms with Gasteiger partial charge in [0.15, 0.2) is 6.29 Å². The molecule has 1 fully saturated rings. The van der Waals surface area contributed by atoms with Gasteiger partial charge in [-0.25, -0.2) is 0 Å². The minimum absolute atomic E-state index is 0.0296. The molecule has 92 valence electrons. The van der Waals surface area contributed by atoms with E-state index in [2.05, 4.69) is 12.2 Å². The molecule has 2 aliphatic carbocycles. The van der Waals surface area contributed by atoms with Gasteiger partial charge in [-0.2, -0.15) is 0 Å². The summed E-state index contributed by atoms with van der Waals surface area (Å²) in [5.74, 6) is 1.83. The Bertz CT molecular complexity index is 236. The Balaban J connectivity index is 1.71. The highest BCUT2D eigenvalue weighted by Crippen LogP contribution is 2.47. The second-order valence-corrected chi connectivity index (χ2v) is 7.16. The van der Waals surface area contributed by atoms with E-state index in [-0.39, 0.29) is 15.8 Å². The van der Waals surface area contributed by atoms with Crippen molar-refractivity contribution in [2.75, 3.05) is 13.2 Å². The van der Waals surface area contributed by atoms with Gasteiger partial charge in [-0.05, 0) is 50.1 Å². The number of rotatable bonds is 7. The Labute approximate surface area is 101 Å². The summed E-state index contributed by atoms with van der Waals surface area (Å²) in [4.78, 5) is 0. The average Bonchev–Trinajstić information content (AvgIpc) is 2.88. The average molecular weight is 240 g/mol. The molecule has 0 aromatic carbocycles. The molecular weight excluding hydrogens is 216 g/mol. The molecule has 0 amide bonds. The number of hydrogen-bond acceptors (Lipinski definition) is 2. The normalized spacial score (nSPS) is 32.6. The molecule has 0 saturated heterocycles. The molecule has 0 heterocycles. The highest BCUT2D eigenvalue weighted by atomic mass is 28.2. The van der Waals surface area contributed by atoms with Crippen molar-refractivity contribution in [1.29, 1.82) is 0 Å². The molecule has 16 heavy (non-hydrogen) atoms. The Morgan fingerprint density at radius 3 is 2.44 bits per heavy atom. The van der Waals surface area contributed by atoms with Crippen LogP contribution in [0, 0.1) is 11.8 Å². The smallest absolute Gasteiger partial charge is 0.154 e. The predicted octanol–water partition coefficient (Wildman–Crippen LogP) is 2.36. The molecule has 2 bridgehead atoms. The van der Waals surface area contributed by atoms with E-state index in [0.29, 0.717) is 0 Å². The zero-order valence-electron chi connectivity index (χ0n) is 10.5. The van der Waals surface area contributed by atoms with Crippen LogP contribution in [0.5, 0.6) is 0 Å². The van der Waals surface area contributed by atoms with Gasteiger partial charge in [-0.15, -0.1) is 0 Å². The Morgan fingerprint density at radius 1 is 1.19 bits per heavy atom. The molecule has 3 unspecified atom stereocenters. The summed E-state index contributed by atoms with van der Waals surface area (Å²) in [5, 5.41) is 0. The number of ether oxygens (including phenoxy) is 2.